The summed E-state index contributed by atoms with van der Waals surface area (Å²) in [6.07, 6.45) is 4.36. The third kappa shape index (κ3) is 7.25. The Hall–Kier alpha value is -3.12. The third-order valence-electron chi connectivity index (χ3n) is 7.99. The van der Waals surface area contributed by atoms with E-state index in [1.165, 1.54) is 22.3 Å². The molecule has 0 bridgehead atoms. The molecule has 4 rings (SSSR count). The molecule has 1 aliphatic heterocycles. The first-order valence-corrected chi connectivity index (χ1v) is 14.0. The summed E-state index contributed by atoms with van der Waals surface area (Å²) in [7, 11) is 4.17. The van der Waals surface area contributed by atoms with Gasteiger partial charge in [0.2, 0.25) is 5.91 Å². The molecule has 0 saturated heterocycles. The Morgan fingerprint density at radius 2 is 1.79 bits per heavy atom. The first-order valence-electron chi connectivity index (χ1n) is 14.0. The van der Waals surface area contributed by atoms with Crippen LogP contribution in [0.1, 0.15) is 65.2 Å². The van der Waals surface area contributed by atoms with Gasteiger partial charge >= 0.3 is 0 Å². The van der Waals surface area contributed by atoms with Crippen molar-refractivity contribution in [1.82, 2.24) is 19.6 Å². The number of aromatic nitrogens is 2. The zero-order valence-corrected chi connectivity index (χ0v) is 23.9. The van der Waals surface area contributed by atoms with E-state index in [1.54, 1.807) is 0 Å². The fourth-order valence-corrected chi connectivity index (χ4v) is 5.65. The molecular weight excluding hydrogens is 472 g/mol. The summed E-state index contributed by atoms with van der Waals surface area (Å²) in [4.78, 5) is 17.9. The number of nitrogens with zero attached hydrogens (tertiary/aromatic N) is 4. The second kappa shape index (κ2) is 13.1. The van der Waals surface area contributed by atoms with Crippen LogP contribution in [0.2, 0.25) is 0 Å². The van der Waals surface area contributed by atoms with E-state index in [9.17, 15) is 4.79 Å². The molecule has 0 spiro atoms. The molecule has 0 saturated carbocycles. The van der Waals surface area contributed by atoms with Gasteiger partial charge in [0, 0.05) is 37.8 Å². The van der Waals surface area contributed by atoms with Crippen LogP contribution in [-0.2, 0) is 24.8 Å². The summed E-state index contributed by atoms with van der Waals surface area (Å²) in [5.41, 5.74) is 7.19. The van der Waals surface area contributed by atoms with Crippen molar-refractivity contribution < 1.29 is 9.53 Å². The van der Waals surface area contributed by atoms with Crippen molar-refractivity contribution in [3.8, 4) is 5.75 Å². The molecule has 2 aromatic carbocycles. The quantitative estimate of drug-likeness (QED) is 0.454. The van der Waals surface area contributed by atoms with E-state index in [0.717, 1.165) is 62.5 Å². The van der Waals surface area contributed by atoms with Crippen LogP contribution in [0.4, 0.5) is 0 Å². The third-order valence-corrected chi connectivity index (χ3v) is 7.99. The number of aryl methyl sites for hydroxylation is 3. The average Bonchev–Trinajstić information content (AvgIpc) is 3.14. The van der Waals surface area contributed by atoms with Gasteiger partial charge in [-0.25, -0.2) is 0 Å². The van der Waals surface area contributed by atoms with E-state index in [0.29, 0.717) is 25.5 Å². The predicted octanol–water partition coefficient (Wildman–Crippen LogP) is 5.59. The molecule has 3 aromatic rings. The fourth-order valence-electron chi connectivity index (χ4n) is 5.65. The number of rotatable bonds is 4. The monoisotopic (exact) mass is 516 g/mol. The maximum Gasteiger partial charge on any atom is 0.223 e. The van der Waals surface area contributed by atoms with Crippen molar-refractivity contribution in [3.63, 3.8) is 0 Å². The molecule has 6 heteroatoms. The number of hydrogen-bond donors (Lipinski definition) is 0. The largest absolute Gasteiger partial charge is 0.491 e. The Kier molecular flexibility index (Phi) is 9.62. The Labute approximate surface area is 228 Å². The van der Waals surface area contributed by atoms with E-state index >= 15 is 0 Å². The van der Waals surface area contributed by atoms with Crippen molar-refractivity contribution in [3.05, 3.63) is 82.2 Å². The molecule has 1 atom stereocenters. The first-order chi connectivity index (χ1) is 18.3. The van der Waals surface area contributed by atoms with Crippen molar-refractivity contribution >= 4 is 5.91 Å². The average molecular weight is 517 g/mol. The second-order valence-electron chi connectivity index (χ2n) is 10.9. The lowest BCUT2D eigenvalue weighted by molar-refractivity contribution is -0.131. The van der Waals surface area contributed by atoms with E-state index in [-0.39, 0.29) is 5.91 Å². The van der Waals surface area contributed by atoms with Gasteiger partial charge in [0.1, 0.15) is 12.4 Å². The number of benzene rings is 2. The maximum absolute atomic E-state index is 13.5. The van der Waals surface area contributed by atoms with Crippen LogP contribution in [0.25, 0.3) is 0 Å². The van der Waals surface area contributed by atoms with Gasteiger partial charge in [0.25, 0.3) is 0 Å². The van der Waals surface area contributed by atoms with Gasteiger partial charge in [-0.05, 0) is 83.2 Å². The van der Waals surface area contributed by atoms with Gasteiger partial charge in [-0.3, -0.25) is 9.48 Å². The van der Waals surface area contributed by atoms with Gasteiger partial charge in [0.15, 0.2) is 0 Å². The Morgan fingerprint density at radius 1 is 1.00 bits per heavy atom. The summed E-state index contributed by atoms with van der Waals surface area (Å²) in [6.45, 7) is 9.96. The molecular formula is C32H44N4O2. The van der Waals surface area contributed by atoms with Crippen LogP contribution < -0.4 is 4.74 Å². The van der Waals surface area contributed by atoms with E-state index in [1.807, 2.05) is 23.6 Å². The van der Waals surface area contributed by atoms with Gasteiger partial charge in [-0.2, -0.15) is 5.10 Å². The molecule has 0 N–H and O–H groups in total. The van der Waals surface area contributed by atoms with Crippen LogP contribution in [0, 0.1) is 20.8 Å². The number of carbonyl (C=O) groups excluding carboxylic acids is 1. The van der Waals surface area contributed by atoms with Gasteiger partial charge in [-0.1, -0.05) is 48.0 Å². The lowest BCUT2D eigenvalue weighted by Gasteiger charge is -2.27. The van der Waals surface area contributed by atoms with Crippen LogP contribution in [0.3, 0.4) is 0 Å². The minimum absolute atomic E-state index is 0.198. The highest BCUT2D eigenvalue weighted by molar-refractivity contribution is 5.76. The zero-order valence-electron chi connectivity index (χ0n) is 23.9. The van der Waals surface area contributed by atoms with Crippen LogP contribution >= 0.6 is 0 Å². The number of ether oxygens (including phenoxy) is 1. The van der Waals surface area contributed by atoms with Gasteiger partial charge in [0.05, 0.1) is 12.2 Å². The standard InChI is InChI=1S/C32H44N4O2/c1-24-13-15-31-29(22-24)23-34(4)19-17-28(27-10-7-6-8-11-27)12-9-18-36(20-21-38-31)32(37)16-14-30-25(2)33-35(5)26(30)3/h6-8,10-11,13,15,22,28H,9,12,14,16-21,23H2,1-5H3. The summed E-state index contributed by atoms with van der Waals surface area (Å²) in [5.74, 6) is 1.60. The maximum atomic E-state index is 13.5. The summed E-state index contributed by atoms with van der Waals surface area (Å²) in [6, 6.07) is 17.3. The summed E-state index contributed by atoms with van der Waals surface area (Å²) < 4.78 is 8.18. The topological polar surface area (TPSA) is 50.6 Å². The molecule has 2 heterocycles. The van der Waals surface area contributed by atoms with Crippen molar-refractivity contribution in [2.45, 2.75) is 65.3 Å². The SMILES string of the molecule is Cc1ccc2c(c1)CN(C)CCC(c1ccccc1)CCCN(C(=O)CCc1c(C)nn(C)c1C)CCO2. The highest BCUT2D eigenvalue weighted by Crippen LogP contribution is 2.27. The van der Waals surface area contributed by atoms with Gasteiger partial charge in [-0.15, -0.1) is 0 Å². The number of carbonyl (C=O) groups is 1. The molecule has 0 fully saturated rings. The molecule has 1 aliphatic rings. The molecule has 204 valence electrons. The van der Waals surface area contributed by atoms with Crippen LogP contribution in [0.5, 0.6) is 5.75 Å². The Morgan fingerprint density at radius 3 is 2.53 bits per heavy atom. The smallest absolute Gasteiger partial charge is 0.223 e. The van der Waals surface area contributed by atoms with Gasteiger partial charge < -0.3 is 14.5 Å². The lowest BCUT2D eigenvalue weighted by atomic mass is 9.91. The second-order valence-corrected chi connectivity index (χ2v) is 10.9. The number of hydrogen-bond acceptors (Lipinski definition) is 4. The molecule has 1 unspecified atom stereocenters. The lowest BCUT2D eigenvalue weighted by Crippen LogP contribution is -2.36. The molecule has 0 radical (unpaired) electrons. The molecule has 1 amide bonds. The fraction of sp³-hybridized carbons (Fsp3) is 0.500. The Balaban J connectivity index is 1.51. The van der Waals surface area contributed by atoms with Crippen LogP contribution in [-0.4, -0.2) is 58.8 Å². The predicted molar refractivity (Wildman–Crippen MR) is 154 cm³/mol. The van der Waals surface area contributed by atoms with Crippen molar-refractivity contribution in [2.75, 3.05) is 33.3 Å². The van der Waals surface area contributed by atoms with E-state index < -0.39 is 0 Å². The molecule has 1 aromatic heterocycles. The van der Waals surface area contributed by atoms with E-state index in [2.05, 4.69) is 79.4 Å². The highest BCUT2D eigenvalue weighted by atomic mass is 16.5. The number of fused-ring (bicyclic) bond motifs is 1. The molecule has 38 heavy (non-hydrogen) atoms. The molecule has 6 nitrogen and oxygen atoms in total. The normalized spacial score (nSPS) is 17.9. The molecule has 0 aliphatic carbocycles. The first kappa shape index (κ1) is 27.9. The van der Waals surface area contributed by atoms with E-state index in [4.69, 9.17) is 4.74 Å². The van der Waals surface area contributed by atoms with Crippen molar-refractivity contribution in [2.24, 2.45) is 7.05 Å². The van der Waals surface area contributed by atoms with Crippen molar-refractivity contribution in [1.29, 1.82) is 0 Å². The number of amides is 1. The summed E-state index contributed by atoms with van der Waals surface area (Å²) in [5, 5.41) is 4.53. The minimum Gasteiger partial charge on any atom is -0.491 e. The summed E-state index contributed by atoms with van der Waals surface area (Å²) >= 11 is 0. The zero-order chi connectivity index (χ0) is 27.1. The minimum atomic E-state index is 0.198. The Bertz CT molecular complexity index is 1200. The highest BCUT2D eigenvalue weighted by Gasteiger charge is 2.20. The van der Waals surface area contributed by atoms with Crippen LogP contribution in [0.15, 0.2) is 48.5 Å².